The second-order valence-corrected chi connectivity index (χ2v) is 6.28. The zero-order valence-corrected chi connectivity index (χ0v) is 12.7. The van der Waals surface area contributed by atoms with Gasteiger partial charge in [-0.1, -0.05) is 29.5 Å². The lowest BCUT2D eigenvalue weighted by atomic mass is 10.3. The van der Waals surface area contributed by atoms with E-state index in [4.69, 9.17) is 0 Å². The summed E-state index contributed by atoms with van der Waals surface area (Å²) in [5, 5.41) is 10.9. The van der Waals surface area contributed by atoms with Gasteiger partial charge in [-0.15, -0.1) is 0 Å². The number of fused-ring (bicyclic) bond motifs is 3. The minimum absolute atomic E-state index is 0.0298. The maximum atomic E-state index is 10.9. The molecule has 4 aromatic rings. The van der Waals surface area contributed by atoms with Crippen LogP contribution < -0.4 is 4.80 Å². The van der Waals surface area contributed by atoms with Crippen molar-refractivity contribution in [2.45, 2.75) is 0 Å². The smallest absolute Gasteiger partial charge is 0.258 e. The molecule has 4 rings (SSSR count). The third-order valence-electron chi connectivity index (χ3n) is 3.16. The third kappa shape index (κ3) is 2.09. The van der Waals surface area contributed by atoms with Crippen LogP contribution in [0.5, 0.6) is 0 Å². The van der Waals surface area contributed by atoms with Crippen LogP contribution in [0.25, 0.3) is 15.2 Å². The van der Waals surface area contributed by atoms with Gasteiger partial charge in [-0.25, -0.2) is 4.99 Å². The van der Waals surface area contributed by atoms with Crippen molar-refractivity contribution in [1.82, 2.24) is 8.77 Å². The van der Waals surface area contributed by atoms with Gasteiger partial charge >= 0.3 is 0 Å². The number of nitrogens with zero attached hydrogens (tertiary/aromatic N) is 4. The Hall–Kier alpha value is -2.58. The number of nitro benzene ring substituents is 1. The number of nitro groups is 1. The lowest BCUT2D eigenvalue weighted by Gasteiger charge is -1.94. The molecule has 8 heteroatoms. The summed E-state index contributed by atoms with van der Waals surface area (Å²) in [5.74, 6) is 0. The molecule has 0 radical (unpaired) electrons. The Bertz CT molecular complexity index is 1080. The van der Waals surface area contributed by atoms with Crippen LogP contribution in [-0.2, 0) is 0 Å². The van der Waals surface area contributed by atoms with E-state index in [1.807, 2.05) is 28.7 Å². The van der Waals surface area contributed by atoms with Crippen molar-refractivity contribution in [3.8, 4) is 0 Å². The molecule has 0 spiro atoms. The molecule has 0 saturated carbocycles. The van der Waals surface area contributed by atoms with Gasteiger partial charge in [-0.05, 0) is 18.2 Å². The van der Waals surface area contributed by atoms with E-state index in [1.165, 1.54) is 23.7 Å². The van der Waals surface area contributed by atoms with Crippen LogP contribution in [0.15, 0.2) is 53.5 Å². The van der Waals surface area contributed by atoms with Crippen molar-refractivity contribution >= 4 is 49.4 Å². The Morgan fingerprint density at radius 3 is 2.91 bits per heavy atom. The lowest BCUT2D eigenvalue weighted by molar-refractivity contribution is -0.384. The normalized spacial score (nSPS) is 12.3. The third-order valence-corrected chi connectivity index (χ3v) is 5.00. The molecule has 108 valence electrons. The highest BCUT2D eigenvalue weighted by Gasteiger charge is 2.09. The first kappa shape index (κ1) is 13.1. The number of rotatable bonds is 2. The average Bonchev–Trinajstić information content (AvgIpc) is 3.07. The van der Waals surface area contributed by atoms with E-state index in [-0.39, 0.29) is 5.69 Å². The second-order valence-electron chi connectivity index (χ2n) is 4.54. The van der Waals surface area contributed by atoms with Gasteiger partial charge in [0.05, 0.1) is 20.8 Å². The predicted octanol–water partition coefficient (Wildman–Crippen LogP) is 3.75. The van der Waals surface area contributed by atoms with Crippen LogP contribution in [0.4, 0.5) is 11.4 Å². The Morgan fingerprint density at radius 2 is 2.05 bits per heavy atom. The largest absolute Gasteiger partial charge is 0.271 e. The summed E-state index contributed by atoms with van der Waals surface area (Å²) in [6.45, 7) is 0. The number of benzene rings is 2. The maximum Gasteiger partial charge on any atom is 0.271 e. The van der Waals surface area contributed by atoms with Crippen LogP contribution in [0, 0.1) is 10.1 Å². The molecule has 0 unspecified atom stereocenters. The summed E-state index contributed by atoms with van der Waals surface area (Å²) in [5.41, 5.74) is 1.62. The Morgan fingerprint density at radius 1 is 1.18 bits per heavy atom. The Kier molecular flexibility index (Phi) is 2.98. The van der Waals surface area contributed by atoms with E-state index < -0.39 is 4.92 Å². The summed E-state index contributed by atoms with van der Waals surface area (Å²) in [4.78, 5) is 16.5. The van der Waals surface area contributed by atoms with Gasteiger partial charge in [-0.2, -0.15) is 4.37 Å². The van der Waals surface area contributed by atoms with E-state index >= 15 is 0 Å². The molecule has 0 N–H and O–H groups in total. The van der Waals surface area contributed by atoms with Crippen molar-refractivity contribution in [2.24, 2.45) is 4.99 Å². The summed E-state index contributed by atoms with van der Waals surface area (Å²) >= 11 is 2.88. The summed E-state index contributed by atoms with van der Waals surface area (Å²) < 4.78 is 7.51. The highest BCUT2D eigenvalue weighted by atomic mass is 32.1. The number of para-hydroxylation sites is 1. The van der Waals surface area contributed by atoms with Crippen molar-refractivity contribution in [3.63, 3.8) is 0 Å². The fraction of sp³-hybridized carbons (Fsp3) is 0. The molecule has 0 fully saturated rings. The van der Waals surface area contributed by atoms with Gasteiger partial charge in [0, 0.05) is 23.7 Å². The quantitative estimate of drug-likeness (QED) is 0.415. The van der Waals surface area contributed by atoms with Crippen molar-refractivity contribution in [3.05, 3.63) is 63.4 Å². The zero-order valence-electron chi connectivity index (χ0n) is 11.0. The number of aromatic nitrogens is 2. The van der Waals surface area contributed by atoms with Crippen LogP contribution in [0.1, 0.15) is 0 Å². The van der Waals surface area contributed by atoms with E-state index in [9.17, 15) is 10.1 Å². The minimum atomic E-state index is -0.422. The molecule has 0 saturated heterocycles. The number of non-ortho nitro benzene ring substituents is 1. The van der Waals surface area contributed by atoms with Crippen molar-refractivity contribution < 1.29 is 4.92 Å². The zero-order chi connectivity index (χ0) is 15.1. The Balaban J connectivity index is 1.97. The van der Waals surface area contributed by atoms with Gasteiger partial charge in [-0.3, -0.25) is 14.5 Å². The molecule has 0 bridgehead atoms. The average molecular weight is 328 g/mol. The molecule has 0 aliphatic carbocycles. The summed E-state index contributed by atoms with van der Waals surface area (Å²) in [7, 11) is 0. The van der Waals surface area contributed by atoms with Crippen LogP contribution >= 0.6 is 22.9 Å². The van der Waals surface area contributed by atoms with Crippen LogP contribution in [0.2, 0.25) is 0 Å². The first-order chi connectivity index (χ1) is 10.7. The van der Waals surface area contributed by atoms with Gasteiger partial charge in [0.1, 0.15) is 0 Å². The van der Waals surface area contributed by atoms with Gasteiger partial charge in [0.15, 0.2) is 0 Å². The van der Waals surface area contributed by atoms with Crippen LogP contribution in [-0.4, -0.2) is 13.7 Å². The van der Waals surface area contributed by atoms with Gasteiger partial charge < -0.3 is 0 Å². The standard InChI is InChI=1S/C14H8N4O2S2/c19-18(20)10-5-3-4-9(8-10)15-13-17-11-6-1-2-7-12(11)21-14(17)16-22-13/h1-8H. The number of thiazole rings is 1. The fourth-order valence-electron chi connectivity index (χ4n) is 2.20. The number of hydrogen-bond acceptors (Lipinski definition) is 6. The fourth-order valence-corrected chi connectivity index (χ4v) is 4.05. The van der Waals surface area contributed by atoms with Crippen LogP contribution in [0.3, 0.4) is 0 Å². The molecule has 22 heavy (non-hydrogen) atoms. The summed E-state index contributed by atoms with van der Waals surface area (Å²) in [6.07, 6.45) is 0. The lowest BCUT2D eigenvalue weighted by Crippen LogP contribution is -2.04. The molecule has 2 aromatic heterocycles. The molecule has 6 nitrogen and oxygen atoms in total. The molecule has 0 aliphatic heterocycles. The first-order valence-corrected chi connectivity index (χ1v) is 7.96. The second kappa shape index (κ2) is 5.00. The van der Waals surface area contributed by atoms with Gasteiger partial charge in [0.2, 0.25) is 9.76 Å². The minimum Gasteiger partial charge on any atom is -0.258 e. The van der Waals surface area contributed by atoms with E-state index in [2.05, 4.69) is 9.37 Å². The van der Waals surface area contributed by atoms with E-state index in [0.29, 0.717) is 10.5 Å². The van der Waals surface area contributed by atoms with Crippen molar-refractivity contribution in [2.75, 3.05) is 0 Å². The maximum absolute atomic E-state index is 10.9. The highest BCUT2D eigenvalue weighted by Crippen LogP contribution is 2.25. The first-order valence-electron chi connectivity index (χ1n) is 6.37. The van der Waals surface area contributed by atoms with E-state index in [1.54, 1.807) is 23.5 Å². The molecule has 0 atom stereocenters. The molecule has 0 aliphatic rings. The molecular formula is C14H8N4O2S2. The SMILES string of the molecule is O=[N+]([O-])c1cccc(N=c2snc3sc4ccccc4n23)c1. The molecular weight excluding hydrogens is 320 g/mol. The Labute approximate surface area is 131 Å². The molecule has 2 aromatic carbocycles. The number of hydrogen-bond donors (Lipinski definition) is 0. The molecule has 0 amide bonds. The van der Waals surface area contributed by atoms with E-state index in [0.717, 1.165) is 15.2 Å². The summed E-state index contributed by atoms with van der Waals surface area (Å²) in [6, 6.07) is 14.3. The highest BCUT2D eigenvalue weighted by molar-refractivity contribution is 7.24. The van der Waals surface area contributed by atoms with Gasteiger partial charge in [0.25, 0.3) is 5.69 Å². The topological polar surface area (TPSA) is 72.8 Å². The molecule has 2 heterocycles. The predicted molar refractivity (Wildman–Crippen MR) is 86.8 cm³/mol. The monoisotopic (exact) mass is 328 g/mol. The van der Waals surface area contributed by atoms with Crippen molar-refractivity contribution in [1.29, 1.82) is 0 Å².